The number of hydrogen-bond donors (Lipinski definition) is 1. The molecule has 0 spiro atoms. The normalized spacial score (nSPS) is 14.7. The Balaban J connectivity index is 3.61. The molecular weight excluding hydrogens is 114 g/mol. The van der Waals surface area contributed by atoms with Gasteiger partial charge in [0.15, 0.2) is 0 Å². The summed E-state index contributed by atoms with van der Waals surface area (Å²) in [6.07, 6.45) is 2.84. The van der Waals surface area contributed by atoms with Crippen molar-refractivity contribution < 1.29 is 0 Å². The molecule has 52 valence electrons. The lowest BCUT2D eigenvalue weighted by molar-refractivity contribution is 0.325. The first-order chi connectivity index (χ1) is 4.18. The number of nitrogens with one attached hydrogen (secondary N) is 1. The van der Waals surface area contributed by atoms with E-state index >= 15 is 0 Å². The van der Waals surface area contributed by atoms with Crippen LogP contribution in [0.4, 0.5) is 0 Å². The number of hydrogen-bond acceptors (Lipinski definition) is 3. The van der Waals surface area contributed by atoms with Crippen LogP contribution in [0, 0.1) is 5.41 Å². The molecule has 0 bridgehead atoms. The minimum atomic E-state index is 0.173. The Morgan fingerprint density at radius 3 is 2.44 bits per heavy atom. The van der Waals surface area contributed by atoms with Gasteiger partial charge >= 0.3 is 0 Å². The van der Waals surface area contributed by atoms with Gasteiger partial charge in [0.25, 0.3) is 0 Å². The Morgan fingerprint density at radius 2 is 2.11 bits per heavy atom. The van der Waals surface area contributed by atoms with E-state index < -0.39 is 0 Å². The lowest BCUT2D eigenvalue weighted by Crippen LogP contribution is -2.22. The maximum Gasteiger partial charge on any atom is 0.0986 e. The van der Waals surface area contributed by atoms with E-state index in [9.17, 15) is 0 Å². The van der Waals surface area contributed by atoms with Crippen LogP contribution < -0.4 is 0 Å². The molecule has 0 heterocycles. The van der Waals surface area contributed by atoms with Crippen LogP contribution in [0.15, 0.2) is 4.99 Å². The smallest absolute Gasteiger partial charge is 0.0986 e. The highest BCUT2D eigenvalue weighted by atomic mass is 15.2. The summed E-state index contributed by atoms with van der Waals surface area (Å²) >= 11 is 0. The molecule has 0 aliphatic heterocycles. The molecule has 0 saturated heterocycles. The van der Waals surface area contributed by atoms with Crippen molar-refractivity contribution in [3.05, 3.63) is 0 Å². The maximum atomic E-state index is 6.64. The molecule has 1 N–H and O–H groups in total. The molecule has 0 radical (unpaired) electrons. The minimum absolute atomic E-state index is 0.173. The average Bonchev–Trinajstić information content (AvgIpc) is 1.82. The van der Waals surface area contributed by atoms with Crippen LogP contribution in [0.25, 0.3) is 0 Å². The quantitative estimate of drug-likeness (QED) is 0.554. The highest BCUT2D eigenvalue weighted by Crippen LogP contribution is 1.89. The summed E-state index contributed by atoms with van der Waals surface area (Å²) in [5.41, 5.74) is 0. The molecule has 0 aromatic carbocycles. The molecule has 3 nitrogen and oxygen atoms in total. The first kappa shape index (κ1) is 8.30. The van der Waals surface area contributed by atoms with Gasteiger partial charge in [0, 0.05) is 12.4 Å². The Hall–Kier alpha value is -0.700. The van der Waals surface area contributed by atoms with Gasteiger partial charge in [0.2, 0.25) is 0 Å². The van der Waals surface area contributed by atoms with E-state index in [4.69, 9.17) is 5.41 Å². The van der Waals surface area contributed by atoms with E-state index in [0.717, 1.165) is 0 Å². The van der Waals surface area contributed by atoms with Crippen molar-refractivity contribution in [1.29, 1.82) is 5.41 Å². The highest BCUT2D eigenvalue weighted by Gasteiger charge is 1.96. The fraction of sp³-hybridized carbons (Fsp3) is 0.667. The van der Waals surface area contributed by atoms with Crippen LogP contribution in [-0.4, -0.2) is 37.6 Å². The van der Waals surface area contributed by atoms with Crippen LogP contribution in [0.1, 0.15) is 6.92 Å². The summed E-state index contributed by atoms with van der Waals surface area (Å²) in [6, 6.07) is 0. The Kier molecular flexibility index (Phi) is 3.88. The topological polar surface area (TPSA) is 39.5 Å². The van der Waals surface area contributed by atoms with Crippen molar-refractivity contribution in [3.8, 4) is 0 Å². The first-order valence-electron chi connectivity index (χ1n) is 2.87. The van der Waals surface area contributed by atoms with E-state index in [2.05, 4.69) is 4.99 Å². The van der Waals surface area contributed by atoms with Gasteiger partial charge in [-0.3, -0.25) is 9.89 Å². The third-order valence-corrected chi connectivity index (χ3v) is 1.12. The number of aliphatic imine (C=N–C) groups is 1. The fourth-order valence-electron chi connectivity index (χ4n) is 0.301. The number of rotatable bonds is 3. The molecule has 0 aromatic heterocycles. The summed E-state index contributed by atoms with van der Waals surface area (Å²) in [7, 11) is 3.90. The van der Waals surface area contributed by atoms with Crippen molar-refractivity contribution in [2.24, 2.45) is 4.99 Å². The summed E-state index contributed by atoms with van der Waals surface area (Å²) in [5.74, 6) is 0. The highest BCUT2D eigenvalue weighted by molar-refractivity contribution is 6.14. The van der Waals surface area contributed by atoms with Crippen molar-refractivity contribution in [2.45, 2.75) is 13.1 Å². The van der Waals surface area contributed by atoms with Crippen LogP contribution in [0.3, 0.4) is 0 Å². The predicted octanol–water partition coefficient (Wildman–Crippen LogP) is 0.614. The second kappa shape index (κ2) is 4.21. The lowest BCUT2D eigenvalue weighted by Gasteiger charge is -2.13. The molecule has 0 rings (SSSR count). The second-order valence-corrected chi connectivity index (χ2v) is 2.06. The molecular formula is C6H13N3. The molecule has 0 aliphatic carbocycles. The van der Waals surface area contributed by atoms with Gasteiger partial charge in [0.1, 0.15) is 0 Å². The first-order valence-corrected chi connectivity index (χ1v) is 2.87. The molecule has 0 amide bonds. The van der Waals surface area contributed by atoms with Gasteiger partial charge in [-0.15, -0.1) is 0 Å². The van der Waals surface area contributed by atoms with Gasteiger partial charge in [-0.2, -0.15) is 0 Å². The van der Waals surface area contributed by atoms with E-state index in [0.29, 0.717) is 0 Å². The van der Waals surface area contributed by atoms with Gasteiger partial charge in [-0.25, -0.2) is 0 Å². The van der Waals surface area contributed by atoms with Crippen molar-refractivity contribution in [2.75, 3.05) is 14.1 Å². The van der Waals surface area contributed by atoms with E-state index in [1.807, 2.05) is 25.9 Å². The second-order valence-electron chi connectivity index (χ2n) is 2.06. The van der Waals surface area contributed by atoms with Crippen LogP contribution >= 0.6 is 0 Å². The fourth-order valence-corrected chi connectivity index (χ4v) is 0.301. The summed E-state index contributed by atoms with van der Waals surface area (Å²) in [6.45, 7) is 1.97. The molecule has 3 heteroatoms. The van der Waals surface area contributed by atoms with Gasteiger partial charge in [-0.05, 0) is 21.0 Å². The molecule has 1 unspecified atom stereocenters. The Bertz CT molecular complexity index is 107. The standard InChI is InChI=1S/C6H13N3/c1-6(9(2)3)8-5-4-7/h4-7H,1-3H3/b7-4?,8-5-. The van der Waals surface area contributed by atoms with E-state index in [1.165, 1.54) is 12.4 Å². The third-order valence-electron chi connectivity index (χ3n) is 1.12. The monoisotopic (exact) mass is 127 g/mol. The third kappa shape index (κ3) is 3.85. The van der Waals surface area contributed by atoms with Gasteiger partial charge in [-0.1, -0.05) is 0 Å². The van der Waals surface area contributed by atoms with Crippen LogP contribution in [0.2, 0.25) is 0 Å². The van der Waals surface area contributed by atoms with Crippen LogP contribution in [0.5, 0.6) is 0 Å². The largest absolute Gasteiger partial charge is 0.307 e. The molecule has 0 saturated carbocycles. The zero-order valence-corrected chi connectivity index (χ0v) is 6.13. The Labute approximate surface area is 55.9 Å². The molecule has 0 aromatic rings. The van der Waals surface area contributed by atoms with Gasteiger partial charge in [0.05, 0.1) is 6.17 Å². The average molecular weight is 127 g/mol. The molecule has 1 atom stereocenters. The lowest BCUT2D eigenvalue weighted by atomic mass is 10.5. The minimum Gasteiger partial charge on any atom is -0.307 e. The summed E-state index contributed by atoms with van der Waals surface area (Å²) < 4.78 is 0. The molecule has 0 aliphatic rings. The zero-order valence-electron chi connectivity index (χ0n) is 6.13. The molecule has 0 fully saturated rings. The SMILES string of the molecule is CC(/N=C\C=N)N(C)C. The van der Waals surface area contributed by atoms with E-state index in [-0.39, 0.29) is 6.17 Å². The van der Waals surface area contributed by atoms with Crippen molar-refractivity contribution in [1.82, 2.24) is 4.90 Å². The van der Waals surface area contributed by atoms with Gasteiger partial charge < -0.3 is 5.41 Å². The zero-order chi connectivity index (χ0) is 7.28. The predicted molar refractivity (Wildman–Crippen MR) is 40.4 cm³/mol. The van der Waals surface area contributed by atoms with Crippen molar-refractivity contribution >= 4 is 12.4 Å². The van der Waals surface area contributed by atoms with E-state index in [1.54, 1.807) is 0 Å². The van der Waals surface area contributed by atoms with Crippen molar-refractivity contribution in [3.63, 3.8) is 0 Å². The molecule has 9 heavy (non-hydrogen) atoms. The summed E-state index contributed by atoms with van der Waals surface area (Å²) in [4.78, 5) is 5.97. The number of nitrogens with zero attached hydrogens (tertiary/aromatic N) is 2. The maximum absolute atomic E-state index is 6.64. The van der Waals surface area contributed by atoms with Crippen LogP contribution in [-0.2, 0) is 0 Å². The summed E-state index contributed by atoms with van der Waals surface area (Å²) in [5, 5.41) is 6.64. The Morgan fingerprint density at radius 1 is 1.56 bits per heavy atom.